The summed E-state index contributed by atoms with van der Waals surface area (Å²) in [5.41, 5.74) is -0.0935. The zero-order valence-corrected chi connectivity index (χ0v) is 14.1. The number of benzene rings is 3. The summed E-state index contributed by atoms with van der Waals surface area (Å²) in [6, 6.07) is 17.5. The largest absolute Gasteiger partial charge is 0.486 e. The zero-order valence-electron chi connectivity index (χ0n) is 13.4. The molecule has 0 aromatic heterocycles. The highest BCUT2D eigenvalue weighted by Crippen LogP contribution is 2.29. The topological polar surface area (TPSA) is 18.5 Å². The van der Waals surface area contributed by atoms with Crippen molar-refractivity contribution in [3.63, 3.8) is 0 Å². The third kappa shape index (κ3) is 4.28. The van der Waals surface area contributed by atoms with E-state index in [2.05, 4.69) is 0 Å². The summed E-state index contributed by atoms with van der Waals surface area (Å²) in [5, 5.41) is 0.630. The van der Waals surface area contributed by atoms with Crippen molar-refractivity contribution < 1.29 is 18.3 Å². The lowest BCUT2D eigenvalue weighted by atomic mass is 10.1. The molecule has 1 unspecified atom stereocenters. The summed E-state index contributed by atoms with van der Waals surface area (Å²) in [6.45, 7) is 1.60. The van der Waals surface area contributed by atoms with Crippen LogP contribution in [0.15, 0.2) is 66.7 Å². The minimum atomic E-state index is -0.760. The lowest BCUT2D eigenvalue weighted by molar-refractivity contribution is 0.215. The number of hydrogen-bond acceptors (Lipinski definition) is 2. The number of halogens is 3. The number of hydrogen-bond donors (Lipinski definition) is 0. The molecule has 0 aliphatic rings. The second kappa shape index (κ2) is 7.53. The number of rotatable bonds is 5. The predicted molar refractivity (Wildman–Crippen MR) is 93.4 cm³/mol. The van der Waals surface area contributed by atoms with E-state index in [1.807, 2.05) is 0 Å². The lowest BCUT2D eigenvalue weighted by Gasteiger charge is -2.16. The van der Waals surface area contributed by atoms with Gasteiger partial charge in [-0.2, -0.15) is 0 Å². The second-order valence-corrected chi connectivity index (χ2v) is 5.86. The van der Waals surface area contributed by atoms with Crippen molar-refractivity contribution in [3.8, 4) is 17.2 Å². The van der Waals surface area contributed by atoms with Gasteiger partial charge in [-0.05, 0) is 67.6 Å². The van der Waals surface area contributed by atoms with Crippen LogP contribution >= 0.6 is 11.6 Å². The SMILES string of the molecule is CC(Oc1ccc(Oc2ccc(Cl)cc2)cc1)c1c(F)cccc1F. The fourth-order valence-electron chi connectivity index (χ4n) is 2.39. The maximum absolute atomic E-state index is 13.8. The van der Waals surface area contributed by atoms with Crippen LogP contribution < -0.4 is 9.47 Å². The van der Waals surface area contributed by atoms with Gasteiger partial charge in [-0.3, -0.25) is 0 Å². The van der Waals surface area contributed by atoms with Crippen LogP contribution in [0, 0.1) is 11.6 Å². The average Bonchev–Trinajstić information content (AvgIpc) is 2.58. The monoisotopic (exact) mass is 360 g/mol. The van der Waals surface area contributed by atoms with Crippen molar-refractivity contribution in [1.29, 1.82) is 0 Å². The summed E-state index contributed by atoms with van der Waals surface area (Å²) in [7, 11) is 0. The molecule has 128 valence electrons. The molecule has 0 radical (unpaired) electrons. The first-order valence-corrected chi connectivity index (χ1v) is 8.05. The molecule has 0 aliphatic heterocycles. The Morgan fingerprint density at radius 1 is 0.760 bits per heavy atom. The van der Waals surface area contributed by atoms with Crippen LogP contribution in [0.5, 0.6) is 17.2 Å². The molecule has 1 atom stereocenters. The minimum absolute atomic E-state index is 0.0935. The summed E-state index contributed by atoms with van der Waals surface area (Å²) in [6.07, 6.45) is -0.760. The van der Waals surface area contributed by atoms with Gasteiger partial charge in [-0.1, -0.05) is 17.7 Å². The van der Waals surface area contributed by atoms with E-state index in [0.717, 1.165) is 0 Å². The highest BCUT2D eigenvalue weighted by atomic mass is 35.5. The molecule has 5 heteroatoms. The normalized spacial score (nSPS) is 11.8. The van der Waals surface area contributed by atoms with Gasteiger partial charge in [0.1, 0.15) is 35.0 Å². The van der Waals surface area contributed by atoms with Gasteiger partial charge in [0.25, 0.3) is 0 Å². The Morgan fingerprint density at radius 3 is 1.80 bits per heavy atom. The van der Waals surface area contributed by atoms with Crippen LogP contribution in [0.2, 0.25) is 5.02 Å². The molecule has 0 saturated carbocycles. The first-order valence-electron chi connectivity index (χ1n) is 7.67. The van der Waals surface area contributed by atoms with Crippen LogP contribution in [-0.4, -0.2) is 0 Å². The lowest BCUT2D eigenvalue weighted by Crippen LogP contribution is -2.08. The standard InChI is InChI=1S/C20H15ClF2O2/c1-13(20-18(22)3-2-4-19(20)23)24-15-9-11-17(12-10-15)25-16-7-5-14(21)6-8-16/h2-13H,1H3. The van der Waals surface area contributed by atoms with Crippen molar-refractivity contribution in [2.45, 2.75) is 13.0 Å². The highest BCUT2D eigenvalue weighted by molar-refractivity contribution is 6.30. The summed E-state index contributed by atoms with van der Waals surface area (Å²) >= 11 is 5.83. The Labute approximate surface area is 149 Å². The molecule has 25 heavy (non-hydrogen) atoms. The smallest absolute Gasteiger partial charge is 0.133 e. The molecule has 0 fully saturated rings. The Bertz CT molecular complexity index is 828. The van der Waals surface area contributed by atoms with Crippen LogP contribution in [0.1, 0.15) is 18.6 Å². The molecular formula is C20H15ClF2O2. The van der Waals surface area contributed by atoms with E-state index in [9.17, 15) is 8.78 Å². The molecule has 0 spiro atoms. The third-order valence-electron chi connectivity index (χ3n) is 3.59. The van der Waals surface area contributed by atoms with Gasteiger partial charge in [0.05, 0.1) is 5.56 Å². The minimum Gasteiger partial charge on any atom is -0.486 e. The second-order valence-electron chi connectivity index (χ2n) is 5.42. The van der Waals surface area contributed by atoms with Crippen molar-refractivity contribution in [3.05, 3.63) is 89.0 Å². The van der Waals surface area contributed by atoms with E-state index in [4.69, 9.17) is 21.1 Å². The molecule has 3 aromatic carbocycles. The first-order chi connectivity index (χ1) is 12.0. The Kier molecular flexibility index (Phi) is 5.19. The number of ether oxygens (including phenoxy) is 2. The molecule has 0 amide bonds. The predicted octanol–water partition coefficient (Wildman–Crippen LogP) is 6.55. The first kappa shape index (κ1) is 17.2. The Balaban J connectivity index is 1.69. The van der Waals surface area contributed by atoms with Gasteiger partial charge in [0, 0.05) is 5.02 Å². The highest BCUT2D eigenvalue weighted by Gasteiger charge is 2.17. The molecule has 3 rings (SSSR count). The quantitative estimate of drug-likeness (QED) is 0.513. The maximum Gasteiger partial charge on any atom is 0.133 e. The molecular weight excluding hydrogens is 346 g/mol. The van der Waals surface area contributed by atoms with Crippen molar-refractivity contribution in [1.82, 2.24) is 0 Å². The average molecular weight is 361 g/mol. The van der Waals surface area contributed by atoms with Crippen molar-refractivity contribution in [2.75, 3.05) is 0 Å². The molecule has 0 N–H and O–H groups in total. The van der Waals surface area contributed by atoms with Crippen LogP contribution in [0.3, 0.4) is 0 Å². The van der Waals surface area contributed by atoms with E-state index in [0.29, 0.717) is 22.3 Å². The van der Waals surface area contributed by atoms with Gasteiger partial charge in [0.2, 0.25) is 0 Å². The summed E-state index contributed by atoms with van der Waals surface area (Å²) in [5.74, 6) is 0.489. The van der Waals surface area contributed by atoms with E-state index in [-0.39, 0.29) is 5.56 Å². The third-order valence-corrected chi connectivity index (χ3v) is 3.84. The molecule has 2 nitrogen and oxygen atoms in total. The van der Waals surface area contributed by atoms with Gasteiger partial charge < -0.3 is 9.47 Å². The van der Waals surface area contributed by atoms with E-state index in [1.54, 1.807) is 55.5 Å². The molecule has 3 aromatic rings. The van der Waals surface area contributed by atoms with Crippen molar-refractivity contribution >= 4 is 11.6 Å². The van der Waals surface area contributed by atoms with Crippen LogP contribution in [0.25, 0.3) is 0 Å². The Morgan fingerprint density at radius 2 is 1.24 bits per heavy atom. The fourth-order valence-corrected chi connectivity index (χ4v) is 2.51. The molecule has 0 heterocycles. The molecule has 0 saturated heterocycles. The van der Waals surface area contributed by atoms with Crippen LogP contribution in [-0.2, 0) is 0 Å². The Hall–Kier alpha value is -2.59. The van der Waals surface area contributed by atoms with Gasteiger partial charge in [-0.25, -0.2) is 8.78 Å². The van der Waals surface area contributed by atoms with E-state index < -0.39 is 17.7 Å². The zero-order chi connectivity index (χ0) is 17.8. The van der Waals surface area contributed by atoms with E-state index >= 15 is 0 Å². The van der Waals surface area contributed by atoms with Gasteiger partial charge >= 0.3 is 0 Å². The molecule has 0 bridgehead atoms. The summed E-state index contributed by atoms with van der Waals surface area (Å²) in [4.78, 5) is 0. The fraction of sp³-hybridized carbons (Fsp3) is 0.100. The van der Waals surface area contributed by atoms with Crippen LogP contribution in [0.4, 0.5) is 8.78 Å². The summed E-state index contributed by atoms with van der Waals surface area (Å²) < 4.78 is 38.9. The van der Waals surface area contributed by atoms with E-state index in [1.165, 1.54) is 18.2 Å². The van der Waals surface area contributed by atoms with Crippen molar-refractivity contribution in [2.24, 2.45) is 0 Å². The maximum atomic E-state index is 13.8. The van der Waals surface area contributed by atoms with Gasteiger partial charge in [-0.15, -0.1) is 0 Å². The molecule has 0 aliphatic carbocycles. The van der Waals surface area contributed by atoms with Gasteiger partial charge in [0.15, 0.2) is 0 Å².